The minimum absolute atomic E-state index is 0.0763. The first-order valence-corrected chi connectivity index (χ1v) is 15.4. The Labute approximate surface area is 249 Å². The lowest BCUT2D eigenvalue weighted by Crippen LogP contribution is -2.34. The first-order valence-electron chi connectivity index (χ1n) is 14.2. The molecule has 212 valence electrons. The number of carbonyl (C=O) groups is 1. The number of hydrogen-bond acceptors (Lipinski definition) is 8. The second-order valence-corrected chi connectivity index (χ2v) is 11.9. The number of amides is 1. The number of thiophene rings is 1. The molecule has 2 aliphatic heterocycles. The van der Waals surface area contributed by atoms with Gasteiger partial charge in [-0.3, -0.25) is 14.7 Å². The van der Waals surface area contributed by atoms with E-state index in [2.05, 4.69) is 25.2 Å². The summed E-state index contributed by atoms with van der Waals surface area (Å²) in [6.07, 6.45) is 13.0. The molecule has 41 heavy (non-hydrogen) atoms. The summed E-state index contributed by atoms with van der Waals surface area (Å²) >= 11 is 8.18. The summed E-state index contributed by atoms with van der Waals surface area (Å²) in [4.78, 5) is 32.8. The third-order valence-electron chi connectivity index (χ3n) is 7.57. The molecule has 6 rings (SSSR count). The summed E-state index contributed by atoms with van der Waals surface area (Å²) in [5, 5.41) is 4.95. The SMILES string of the molecule is O=C(/C=C/CN1CCCCCC1)N1CCc2c(sc3ncnc(Nc4ccc(OCc5ccccn5)c(Cl)c4)c23)C1. The molecule has 0 saturated carbocycles. The molecular weight excluding hydrogens is 556 g/mol. The van der Waals surface area contributed by atoms with Crippen molar-refractivity contribution >= 4 is 50.6 Å². The van der Waals surface area contributed by atoms with E-state index in [1.807, 2.05) is 47.4 Å². The Balaban J connectivity index is 1.12. The molecule has 1 N–H and O–H groups in total. The van der Waals surface area contributed by atoms with Gasteiger partial charge < -0.3 is 15.0 Å². The minimum Gasteiger partial charge on any atom is -0.486 e. The van der Waals surface area contributed by atoms with E-state index in [-0.39, 0.29) is 5.91 Å². The average Bonchev–Trinajstić information content (AvgIpc) is 3.17. The van der Waals surface area contributed by atoms with Crippen LogP contribution in [0.15, 0.2) is 61.1 Å². The van der Waals surface area contributed by atoms with E-state index in [9.17, 15) is 4.79 Å². The first kappa shape index (κ1) is 27.6. The van der Waals surface area contributed by atoms with Crippen LogP contribution < -0.4 is 10.1 Å². The molecule has 0 atom stereocenters. The second-order valence-electron chi connectivity index (χ2n) is 10.4. The van der Waals surface area contributed by atoms with Gasteiger partial charge in [0.25, 0.3) is 0 Å². The fourth-order valence-corrected chi connectivity index (χ4v) is 6.84. The number of benzene rings is 1. The molecule has 0 aliphatic carbocycles. The van der Waals surface area contributed by atoms with E-state index in [0.717, 1.165) is 53.5 Å². The highest BCUT2D eigenvalue weighted by Crippen LogP contribution is 2.39. The van der Waals surface area contributed by atoms with Gasteiger partial charge in [-0.15, -0.1) is 11.3 Å². The zero-order valence-electron chi connectivity index (χ0n) is 22.9. The summed E-state index contributed by atoms with van der Waals surface area (Å²) in [7, 11) is 0. The lowest BCUT2D eigenvalue weighted by atomic mass is 10.0. The van der Waals surface area contributed by atoms with Gasteiger partial charge in [0, 0.05) is 35.9 Å². The number of nitrogens with one attached hydrogen (secondary N) is 1. The van der Waals surface area contributed by atoms with Gasteiger partial charge in [0.2, 0.25) is 5.91 Å². The number of aromatic nitrogens is 3. The van der Waals surface area contributed by atoms with Crippen LogP contribution in [0.2, 0.25) is 5.02 Å². The van der Waals surface area contributed by atoms with E-state index in [1.165, 1.54) is 36.1 Å². The van der Waals surface area contributed by atoms with Gasteiger partial charge in [-0.05, 0) is 68.2 Å². The quantitative estimate of drug-likeness (QED) is 0.239. The Morgan fingerprint density at radius 1 is 1.07 bits per heavy atom. The number of anilines is 2. The van der Waals surface area contributed by atoms with Gasteiger partial charge >= 0.3 is 0 Å². The summed E-state index contributed by atoms with van der Waals surface area (Å²) in [5.74, 6) is 1.41. The molecule has 1 amide bonds. The maximum Gasteiger partial charge on any atom is 0.246 e. The van der Waals surface area contributed by atoms with Gasteiger partial charge in [0.15, 0.2) is 0 Å². The average molecular weight is 589 g/mol. The van der Waals surface area contributed by atoms with Gasteiger partial charge in [-0.2, -0.15) is 0 Å². The number of rotatable bonds is 8. The van der Waals surface area contributed by atoms with Gasteiger partial charge in [0.05, 0.1) is 22.6 Å². The van der Waals surface area contributed by atoms with Crippen molar-refractivity contribution in [3.63, 3.8) is 0 Å². The Bertz CT molecular complexity index is 1530. The molecule has 1 aromatic carbocycles. The number of carbonyl (C=O) groups excluding carboxylic acids is 1. The fraction of sp³-hybridized carbons (Fsp3) is 0.355. The largest absolute Gasteiger partial charge is 0.486 e. The van der Waals surface area contributed by atoms with Crippen molar-refractivity contribution in [2.24, 2.45) is 0 Å². The lowest BCUT2D eigenvalue weighted by Gasteiger charge is -2.26. The highest BCUT2D eigenvalue weighted by Gasteiger charge is 2.25. The summed E-state index contributed by atoms with van der Waals surface area (Å²) in [6, 6.07) is 11.3. The molecule has 4 aromatic rings. The number of pyridine rings is 1. The van der Waals surface area contributed by atoms with Crippen molar-refractivity contribution in [1.29, 1.82) is 0 Å². The Hall–Kier alpha value is -3.53. The van der Waals surface area contributed by atoms with Crippen LogP contribution in [-0.2, 0) is 24.4 Å². The fourth-order valence-electron chi connectivity index (χ4n) is 5.41. The number of halogens is 1. The smallest absolute Gasteiger partial charge is 0.246 e. The van der Waals surface area contributed by atoms with E-state index >= 15 is 0 Å². The molecule has 1 saturated heterocycles. The Morgan fingerprint density at radius 2 is 1.95 bits per heavy atom. The van der Waals surface area contributed by atoms with E-state index in [1.54, 1.807) is 29.9 Å². The first-order chi connectivity index (χ1) is 20.1. The van der Waals surface area contributed by atoms with E-state index < -0.39 is 0 Å². The molecule has 3 aromatic heterocycles. The molecule has 0 spiro atoms. The molecule has 0 radical (unpaired) electrons. The monoisotopic (exact) mass is 588 g/mol. The Morgan fingerprint density at radius 3 is 2.76 bits per heavy atom. The maximum atomic E-state index is 13.0. The third-order valence-corrected chi connectivity index (χ3v) is 8.99. The summed E-state index contributed by atoms with van der Waals surface area (Å²) in [5.41, 5.74) is 2.86. The van der Waals surface area contributed by atoms with Crippen molar-refractivity contribution in [1.82, 2.24) is 24.8 Å². The van der Waals surface area contributed by atoms with Crippen molar-refractivity contribution in [2.75, 3.05) is 31.5 Å². The van der Waals surface area contributed by atoms with Gasteiger partial charge in [-0.1, -0.05) is 36.6 Å². The van der Waals surface area contributed by atoms with Gasteiger partial charge in [-0.25, -0.2) is 9.97 Å². The van der Waals surface area contributed by atoms with Crippen LogP contribution in [-0.4, -0.2) is 56.8 Å². The molecule has 0 unspecified atom stereocenters. The lowest BCUT2D eigenvalue weighted by molar-refractivity contribution is -0.126. The number of ether oxygens (including phenoxy) is 1. The normalized spacial score (nSPS) is 16.1. The van der Waals surface area contributed by atoms with Crippen LogP contribution in [0.5, 0.6) is 5.75 Å². The highest BCUT2D eigenvalue weighted by molar-refractivity contribution is 7.19. The summed E-state index contributed by atoms with van der Waals surface area (Å²) in [6.45, 7) is 4.71. The second kappa shape index (κ2) is 13.0. The molecule has 1 fully saturated rings. The van der Waals surface area contributed by atoms with Crippen LogP contribution in [0.1, 0.15) is 41.8 Å². The molecule has 0 bridgehead atoms. The van der Waals surface area contributed by atoms with Crippen molar-refractivity contribution < 1.29 is 9.53 Å². The minimum atomic E-state index is 0.0763. The van der Waals surface area contributed by atoms with Crippen molar-refractivity contribution in [3.05, 3.63) is 82.2 Å². The predicted molar refractivity (Wildman–Crippen MR) is 164 cm³/mol. The van der Waals surface area contributed by atoms with Crippen molar-refractivity contribution in [3.8, 4) is 5.75 Å². The maximum absolute atomic E-state index is 13.0. The van der Waals surface area contributed by atoms with Crippen LogP contribution in [0.4, 0.5) is 11.5 Å². The van der Waals surface area contributed by atoms with Crippen molar-refractivity contribution in [2.45, 2.75) is 45.3 Å². The van der Waals surface area contributed by atoms with Crippen LogP contribution in [0.25, 0.3) is 10.2 Å². The zero-order chi connectivity index (χ0) is 28.0. The molecule has 2 aliphatic rings. The topological polar surface area (TPSA) is 83.5 Å². The highest BCUT2D eigenvalue weighted by atomic mass is 35.5. The zero-order valence-corrected chi connectivity index (χ0v) is 24.5. The molecular formula is C31H33ClN6O2S. The molecule has 10 heteroatoms. The summed E-state index contributed by atoms with van der Waals surface area (Å²) < 4.78 is 5.86. The third kappa shape index (κ3) is 6.69. The number of nitrogens with zero attached hydrogens (tertiary/aromatic N) is 5. The number of fused-ring (bicyclic) bond motifs is 3. The standard InChI is InChI=1S/C31H33ClN6O2S/c32-25-18-22(10-11-26(25)40-20-23-8-3-4-13-33-23)36-30-29-24-12-17-38(19-27(24)41-31(29)35-21-34-30)28(39)9-7-16-37-14-5-1-2-6-15-37/h3-4,7-11,13,18,21H,1-2,5-6,12,14-17,19-20H2,(H,34,35,36)/b9-7+. The number of likely N-dealkylation sites (tertiary alicyclic amines) is 1. The van der Waals surface area contributed by atoms with Gasteiger partial charge in [0.1, 0.15) is 29.3 Å². The molecule has 5 heterocycles. The van der Waals surface area contributed by atoms with Crippen LogP contribution in [0.3, 0.4) is 0 Å². The Kier molecular flexibility index (Phi) is 8.74. The predicted octanol–water partition coefficient (Wildman–Crippen LogP) is 6.38. The van der Waals surface area contributed by atoms with E-state index in [4.69, 9.17) is 16.3 Å². The number of hydrogen-bond donors (Lipinski definition) is 1. The van der Waals surface area contributed by atoms with Crippen LogP contribution in [0, 0.1) is 0 Å². The van der Waals surface area contributed by atoms with Crippen LogP contribution >= 0.6 is 22.9 Å². The van der Waals surface area contributed by atoms with E-state index in [0.29, 0.717) is 30.5 Å². The molecule has 8 nitrogen and oxygen atoms in total.